The molecule has 0 spiro atoms. The molecule has 126 valence electrons. The Morgan fingerprint density at radius 2 is 1.88 bits per heavy atom. The number of nitrogens with zero attached hydrogens (tertiary/aromatic N) is 1. The number of Topliss-reactive ketones (excluding diaryl/α,β-unsaturated/α-hetero) is 1. The Hall–Kier alpha value is -3.03. The van der Waals surface area contributed by atoms with Crippen molar-refractivity contribution in [1.82, 2.24) is 0 Å². The standard InChI is InChI=1S/C16H13F2NO5/c1-10-2-7-15(24-16(17)18)13(8-10)14(20)9-23-12-5-3-11(4-6-12)19(21)22/h2-8,16H,9H2,1H3. The van der Waals surface area contributed by atoms with Crippen LogP contribution in [0.1, 0.15) is 15.9 Å². The lowest BCUT2D eigenvalue weighted by Gasteiger charge is -2.11. The van der Waals surface area contributed by atoms with Crippen molar-refractivity contribution in [3.63, 3.8) is 0 Å². The van der Waals surface area contributed by atoms with Gasteiger partial charge in [0, 0.05) is 12.1 Å². The molecule has 0 saturated carbocycles. The molecule has 2 rings (SSSR count). The average molecular weight is 337 g/mol. The molecule has 0 amide bonds. The number of halogens is 2. The highest BCUT2D eigenvalue weighted by molar-refractivity contribution is 6.00. The number of ketones is 1. The zero-order chi connectivity index (χ0) is 17.7. The number of hydrogen-bond donors (Lipinski definition) is 0. The molecule has 0 aromatic heterocycles. The van der Waals surface area contributed by atoms with E-state index in [9.17, 15) is 23.7 Å². The van der Waals surface area contributed by atoms with Crippen LogP contribution in [0.25, 0.3) is 0 Å². The second-order valence-electron chi connectivity index (χ2n) is 4.84. The van der Waals surface area contributed by atoms with Gasteiger partial charge in [-0.25, -0.2) is 0 Å². The summed E-state index contributed by atoms with van der Waals surface area (Å²) in [5.41, 5.74) is 0.576. The Balaban J connectivity index is 2.09. The Morgan fingerprint density at radius 1 is 1.21 bits per heavy atom. The summed E-state index contributed by atoms with van der Waals surface area (Å²) in [5.74, 6) is -0.529. The Kier molecular flexibility index (Phi) is 5.41. The monoisotopic (exact) mass is 337 g/mol. The molecule has 0 aliphatic carbocycles. The number of rotatable bonds is 7. The fraction of sp³-hybridized carbons (Fsp3) is 0.188. The minimum Gasteiger partial charge on any atom is -0.485 e. The summed E-state index contributed by atoms with van der Waals surface area (Å²) in [6, 6.07) is 9.43. The summed E-state index contributed by atoms with van der Waals surface area (Å²) in [4.78, 5) is 22.2. The maximum Gasteiger partial charge on any atom is 0.387 e. The molecular weight excluding hydrogens is 324 g/mol. The SMILES string of the molecule is Cc1ccc(OC(F)F)c(C(=O)COc2ccc([N+](=O)[O-])cc2)c1. The highest BCUT2D eigenvalue weighted by Crippen LogP contribution is 2.23. The van der Waals surface area contributed by atoms with Crippen molar-refractivity contribution in [2.24, 2.45) is 0 Å². The van der Waals surface area contributed by atoms with Crippen LogP contribution in [-0.4, -0.2) is 23.9 Å². The van der Waals surface area contributed by atoms with Gasteiger partial charge in [-0.05, 0) is 31.2 Å². The summed E-state index contributed by atoms with van der Waals surface area (Å²) < 4.78 is 34.4. The predicted molar refractivity (Wildman–Crippen MR) is 80.7 cm³/mol. The molecule has 24 heavy (non-hydrogen) atoms. The zero-order valence-corrected chi connectivity index (χ0v) is 12.6. The van der Waals surface area contributed by atoms with Crippen molar-refractivity contribution in [2.45, 2.75) is 13.5 Å². The van der Waals surface area contributed by atoms with Gasteiger partial charge < -0.3 is 9.47 Å². The Bertz CT molecular complexity index is 747. The van der Waals surface area contributed by atoms with Crippen LogP contribution in [0, 0.1) is 17.0 Å². The van der Waals surface area contributed by atoms with Crippen LogP contribution >= 0.6 is 0 Å². The second kappa shape index (κ2) is 7.49. The fourth-order valence-electron chi connectivity index (χ4n) is 1.95. The number of benzene rings is 2. The van der Waals surface area contributed by atoms with E-state index in [1.807, 2.05) is 0 Å². The van der Waals surface area contributed by atoms with Crippen LogP contribution in [-0.2, 0) is 0 Å². The zero-order valence-electron chi connectivity index (χ0n) is 12.6. The summed E-state index contributed by atoms with van der Waals surface area (Å²) in [5, 5.41) is 10.6. The van der Waals surface area contributed by atoms with Crippen molar-refractivity contribution in [1.29, 1.82) is 0 Å². The third kappa shape index (κ3) is 4.48. The van der Waals surface area contributed by atoms with E-state index in [2.05, 4.69) is 4.74 Å². The number of ether oxygens (including phenoxy) is 2. The maximum atomic E-state index is 12.4. The first-order chi connectivity index (χ1) is 11.4. The molecule has 0 saturated heterocycles. The first-order valence-electron chi connectivity index (χ1n) is 6.82. The van der Waals surface area contributed by atoms with E-state index < -0.39 is 23.9 Å². The first kappa shape index (κ1) is 17.3. The Labute approximate surface area is 135 Å². The van der Waals surface area contributed by atoms with Crippen LogP contribution in [0.4, 0.5) is 14.5 Å². The van der Waals surface area contributed by atoms with E-state index in [1.54, 1.807) is 13.0 Å². The van der Waals surface area contributed by atoms with Crippen molar-refractivity contribution >= 4 is 11.5 Å². The van der Waals surface area contributed by atoms with Gasteiger partial charge in [-0.1, -0.05) is 11.6 Å². The smallest absolute Gasteiger partial charge is 0.387 e. The number of hydrogen-bond acceptors (Lipinski definition) is 5. The number of nitro benzene ring substituents is 1. The molecule has 0 radical (unpaired) electrons. The van der Waals surface area contributed by atoms with Gasteiger partial charge in [-0.15, -0.1) is 0 Å². The number of carbonyl (C=O) groups is 1. The fourth-order valence-corrected chi connectivity index (χ4v) is 1.95. The summed E-state index contributed by atoms with van der Waals surface area (Å²) in [7, 11) is 0. The molecule has 0 fully saturated rings. The summed E-state index contributed by atoms with van der Waals surface area (Å²) >= 11 is 0. The molecule has 6 nitrogen and oxygen atoms in total. The highest BCUT2D eigenvalue weighted by Gasteiger charge is 2.17. The van der Waals surface area contributed by atoms with E-state index in [0.717, 1.165) is 0 Å². The lowest BCUT2D eigenvalue weighted by atomic mass is 10.1. The van der Waals surface area contributed by atoms with Crippen molar-refractivity contribution in [3.8, 4) is 11.5 Å². The summed E-state index contributed by atoms with van der Waals surface area (Å²) in [6.07, 6.45) is 0. The molecule has 0 heterocycles. The molecule has 0 bridgehead atoms. The second-order valence-corrected chi connectivity index (χ2v) is 4.84. The third-order valence-electron chi connectivity index (χ3n) is 3.07. The Morgan fingerprint density at radius 3 is 2.46 bits per heavy atom. The van der Waals surface area contributed by atoms with Gasteiger partial charge in [0.1, 0.15) is 11.5 Å². The van der Waals surface area contributed by atoms with Crippen LogP contribution in [0.15, 0.2) is 42.5 Å². The first-order valence-corrected chi connectivity index (χ1v) is 6.82. The molecule has 0 unspecified atom stereocenters. The number of alkyl halides is 2. The lowest BCUT2D eigenvalue weighted by molar-refractivity contribution is -0.384. The van der Waals surface area contributed by atoms with E-state index in [0.29, 0.717) is 5.56 Å². The van der Waals surface area contributed by atoms with Gasteiger partial charge in [0.15, 0.2) is 6.61 Å². The van der Waals surface area contributed by atoms with Crippen LogP contribution in [0.5, 0.6) is 11.5 Å². The number of carbonyl (C=O) groups excluding carboxylic acids is 1. The van der Waals surface area contributed by atoms with Crippen LogP contribution in [0.2, 0.25) is 0 Å². The molecule has 0 aliphatic rings. The topological polar surface area (TPSA) is 78.7 Å². The maximum absolute atomic E-state index is 12.4. The van der Waals surface area contributed by atoms with E-state index in [-0.39, 0.29) is 22.7 Å². The van der Waals surface area contributed by atoms with E-state index in [1.165, 1.54) is 36.4 Å². The van der Waals surface area contributed by atoms with E-state index >= 15 is 0 Å². The normalized spacial score (nSPS) is 10.5. The summed E-state index contributed by atoms with van der Waals surface area (Å²) in [6.45, 7) is -1.75. The van der Waals surface area contributed by atoms with Gasteiger partial charge in [0.2, 0.25) is 5.78 Å². The largest absolute Gasteiger partial charge is 0.485 e. The number of nitro groups is 1. The molecule has 0 N–H and O–H groups in total. The van der Waals surface area contributed by atoms with E-state index in [4.69, 9.17) is 4.74 Å². The lowest BCUT2D eigenvalue weighted by Crippen LogP contribution is -2.14. The van der Waals surface area contributed by atoms with Gasteiger partial charge >= 0.3 is 6.61 Å². The predicted octanol–water partition coefficient (Wildman–Crippen LogP) is 3.77. The third-order valence-corrected chi connectivity index (χ3v) is 3.07. The van der Waals surface area contributed by atoms with Crippen LogP contribution in [0.3, 0.4) is 0 Å². The average Bonchev–Trinajstić information content (AvgIpc) is 2.54. The molecule has 8 heteroatoms. The van der Waals surface area contributed by atoms with Gasteiger partial charge in [0.05, 0.1) is 10.5 Å². The molecule has 2 aromatic rings. The van der Waals surface area contributed by atoms with Gasteiger partial charge in [-0.2, -0.15) is 8.78 Å². The highest BCUT2D eigenvalue weighted by atomic mass is 19.3. The van der Waals surface area contributed by atoms with Gasteiger partial charge in [-0.3, -0.25) is 14.9 Å². The number of non-ortho nitro benzene ring substituents is 1. The van der Waals surface area contributed by atoms with Gasteiger partial charge in [0.25, 0.3) is 5.69 Å². The van der Waals surface area contributed by atoms with Crippen molar-refractivity contribution in [3.05, 3.63) is 63.7 Å². The number of aryl methyl sites for hydroxylation is 1. The molecule has 2 aromatic carbocycles. The molecule has 0 atom stereocenters. The van der Waals surface area contributed by atoms with Crippen LogP contribution < -0.4 is 9.47 Å². The minimum atomic E-state index is -3.05. The minimum absolute atomic E-state index is 0.0165. The molecular formula is C16H13F2NO5. The quantitative estimate of drug-likeness (QED) is 0.436. The van der Waals surface area contributed by atoms with Crippen molar-refractivity contribution < 1.29 is 28.0 Å². The van der Waals surface area contributed by atoms with Crippen molar-refractivity contribution in [2.75, 3.05) is 6.61 Å². The molecule has 0 aliphatic heterocycles.